The fourth-order valence-corrected chi connectivity index (χ4v) is 2.48. The maximum atomic E-state index is 11.8. The second-order valence-corrected chi connectivity index (χ2v) is 4.72. The zero-order valence-electron chi connectivity index (χ0n) is 11.3. The molecule has 3 nitrogen and oxygen atoms in total. The van der Waals surface area contributed by atoms with E-state index in [4.69, 9.17) is 9.47 Å². The van der Waals surface area contributed by atoms with Crippen molar-refractivity contribution in [2.45, 2.75) is 19.4 Å². The number of hydrogen-bond acceptors (Lipinski definition) is 3. The monoisotopic (exact) mass is 268 g/mol. The summed E-state index contributed by atoms with van der Waals surface area (Å²) in [5.74, 6) is 0.513. The van der Waals surface area contributed by atoms with Crippen LogP contribution in [0.3, 0.4) is 0 Å². The second kappa shape index (κ2) is 5.37. The van der Waals surface area contributed by atoms with Crippen LogP contribution >= 0.6 is 0 Å². The third kappa shape index (κ3) is 2.27. The van der Waals surface area contributed by atoms with E-state index in [9.17, 15) is 4.79 Å². The molecule has 2 aromatic rings. The standard InChI is InChI=1S/C17H16O3/c1-2-19-17(18)15-11-13-9-6-10-14(16(13)20-15)12-7-4-3-5-8-12/h3-10,15H,2,11H2,1H3. The number of benzene rings is 2. The van der Waals surface area contributed by atoms with Crippen molar-refractivity contribution in [1.29, 1.82) is 0 Å². The molecule has 1 aliphatic heterocycles. The summed E-state index contributed by atoms with van der Waals surface area (Å²) in [4.78, 5) is 11.8. The molecule has 1 unspecified atom stereocenters. The fourth-order valence-electron chi connectivity index (χ4n) is 2.48. The molecule has 0 N–H and O–H groups in total. The Labute approximate surface area is 118 Å². The van der Waals surface area contributed by atoms with Crippen LogP contribution in [-0.2, 0) is 16.0 Å². The summed E-state index contributed by atoms with van der Waals surface area (Å²) in [5, 5.41) is 0. The molecular weight excluding hydrogens is 252 g/mol. The molecule has 0 radical (unpaired) electrons. The molecule has 20 heavy (non-hydrogen) atoms. The zero-order valence-corrected chi connectivity index (χ0v) is 11.3. The Morgan fingerprint density at radius 3 is 2.75 bits per heavy atom. The normalized spacial score (nSPS) is 16.4. The molecule has 0 aromatic heterocycles. The topological polar surface area (TPSA) is 35.5 Å². The highest BCUT2D eigenvalue weighted by molar-refractivity contribution is 5.80. The third-order valence-electron chi connectivity index (χ3n) is 3.40. The molecule has 2 aromatic carbocycles. The number of ether oxygens (including phenoxy) is 2. The van der Waals surface area contributed by atoms with Gasteiger partial charge >= 0.3 is 5.97 Å². The number of para-hydroxylation sites is 1. The third-order valence-corrected chi connectivity index (χ3v) is 3.40. The quantitative estimate of drug-likeness (QED) is 0.802. The van der Waals surface area contributed by atoms with E-state index in [0.717, 1.165) is 22.4 Å². The summed E-state index contributed by atoms with van der Waals surface area (Å²) < 4.78 is 10.9. The zero-order chi connectivity index (χ0) is 13.9. The Hall–Kier alpha value is -2.29. The molecule has 102 valence electrons. The molecule has 3 heteroatoms. The second-order valence-electron chi connectivity index (χ2n) is 4.72. The molecule has 0 saturated heterocycles. The lowest BCUT2D eigenvalue weighted by Crippen LogP contribution is -2.27. The molecule has 0 aliphatic carbocycles. The molecule has 1 atom stereocenters. The lowest BCUT2D eigenvalue weighted by molar-refractivity contribution is -0.150. The number of carbonyl (C=O) groups excluding carboxylic acids is 1. The van der Waals surface area contributed by atoms with Crippen molar-refractivity contribution < 1.29 is 14.3 Å². The van der Waals surface area contributed by atoms with E-state index < -0.39 is 6.10 Å². The highest BCUT2D eigenvalue weighted by atomic mass is 16.6. The molecule has 3 rings (SSSR count). The minimum Gasteiger partial charge on any atom is -0.477 e. The molecule has 0 fully saturated rings. The lowest BCUT2D eigenvalue weighted by Gasteiger charge is -2.11. The van der Waals surface area contributed by atoms with E-state index >= 15 is 0 Å². The summed E-state index contributed by atoms with van der Waals surface area (Å²) in [6.45, 7) is 2.18. The van der Waals surface area contributed by atoms with Crippen molar-refractivity contribution in [3.8, 4) is 16.9 Å². The predicted octanol–water partition coefficient (Wildman–Crippen LogP) is 3.22. The smallest absolute Gasteiger partial charge is 0.347 e. The van der Waals surface area contributed by atoms with Gasteiger partial charge < -0.3 is 9.47 Å². The Morgan fingerprint density at radius 1 is 1.20 bits per heavy atom. The first-order valence-electron chi connectivity index (χ1n) is 6.80. The van der Waals surface area contributed by atoms with E-state index in [1.165, 1.54) is 0 Å². The van der Waals surface area contributed by atoms with Gasteiger partial charge in [-0.15, -0.1) is 0 Å². The maximum absolute atomic E-state index is 11.8. The number of fused-ring (bicyclic) bond motifs is 1. The molecule has 1 heterocycles. The van der Waals surface area contributed by atoms with Crippen LogP contribution in [0.5, 0.6) is 5.75 Å². The van der Waals surface area contributed by atoms with Crippen molar-refractivity contribution in [2.24, 2.45) is 0 Å². The fraction of sp³-hybridized carbons (Fsp3) is 0.235. The molecule has 1 aliphatic rings. The van der Waals surface area contributed by atoms with Gasteiger partial charge in [-0.05, 0) is 18.1 Å². The van der Waals surface area contributed by atoms with Gasteiger partial charge in [0.2, 0.25) is 0 Å². The highest BCUT2D eigenvalue weighted by Crippen LogP contribution is 2.38. The first-order chi connectivity index (χ1) is 9.79. The molecular formula is C17H16O3. The summed E-state index contributed by atoms with van der Waals surface area (Å²) in [5.41, 5.74) is 3.17. The summed E-state index contributed by atoms with van der Waals surface area (Å²) in [6, 6.07) is 16.1. The van der Waals surface area contributed by atoms with Gasteiger partial charge in [0.15, 0.2) is 6.10 Å². The first kappa shape index (κ1) is 12.7. The van der Waals surface area contributed by atoms with Crippen LogP contribution in [0, 0.1) is 0 Å². The van der Waals surface area contributed by atoms with Crippen LogP contribution in [0.1, 0.15) is 12.5 Å². The lowest BCUT2D eigenvalue weighted by atomic mass is 10.0. The number of esters is 1. The van der Waals surface area contributed by atoms with E-state index in [0.29, 0.717) is 13.0 Å². The molecule has 0 saturated carbocycles. The van der Waals surface area contributed by atoms with Crippen LogP contribution in [0.15, 0.2) is 48.5 Å². The van der Waals surface area contributed by atoms with Crippen molar-refractivity contribution in [3.05, 3.63) is 54.1 Å². The van der Waals surface area contributed by atoms with Crippen LogP contribution in [-0.4, -0.2) is 18.7 Å². The van der Waals surface area contributed by atoms with Crippen molar-refractivity contribution in [2.75, 3.05) is 6.61 Å². The molecule has 0 spiro atoms. The minimum atomic E-state index is -0.519. The van der Waals surface area contributed by atoms with Crippen molar-refractivity contribution in [3.63, 3.8) is 0 Å². The Bertz CT molecular complexity index is 619. The number of hydrogen-bond donors (Lipinski definition) is 0. The van der Waals surface area contributed by atoms with E-state index in [2.05, 4.69) is 0 Å². The van der Waals surface area contributed by atoms with Crippen LogP contribution in [0.2, 0.25) is 0 Å². The molecule has 0 amide bonds. The Balaban J connectivity index is 1.93. The van der Waals surface area contributed by atoms with Gasteiger partial charge in [0, 0.05) is 12.0 Å². The Morgan fingerprint density at radius 2 is 2.00 bits per heavy atom. The van der Waals surface area contributed by atoms with Crippen LogP contribution < -0.4 is 4.74 Å². The minimum absolute atomic E-state index is 0.289. The predicted molar refractivity (Wildman–Crippen MR) is 76.6 cm³/mol. The van der Waals surface area contributed by atoms with Crippen molar-refractivity contribution in [1.82, 2.24) is 0 Å². The van der Waals surface area contributed by atoms with E-state index in [-0.39, 0.29) is 5.97 Å². The summed E-state index contributed by atoms with van der Waals surface area (Å²) in [7, 11) is 0. The average Bonchev–Trinajstić information content (AvgIpc) is 2.92. The van der Waals surface area contributed by atoms with Crippen LogP contribution in [0.4, 0.5) is 0 Å². The first-order valence-corrected chi connectivity index (χ1v) is 6.80. The van der Waals surface area contributed by atoms with Gasteiger partial charge in [-0.2, -0.15) is 0 Å². The largest absolute Gasteiger partial charge is 0.477 e. The highest BCUT2D eigenvalue weighted by Gasteiger charge is 2.31. The molecule has 0 bridgehead atoms. The van der Waals surface area contributed by atoms with Crippen LogP contribution in [0.25, 0.3) is 11.1 Å². The summed E-state index contributed by atoms with van der Waals surface area (Å²) >= 11 is 0. The maximum Gasteiger partial charge on any atom is 0.347 e. The summed E-state index contributed by atoms with van der Waals surface area (Å²) in [6.07, 6.45) is 0.0595. The van der Waals surface area contributed by atoms with Gasteiger partial charge in [0.05, 0.1) is 6.61 Å². The van der Waals surface area contributed by atoms with Gasteiger partial charge in [-0.25, -0.2) is 4.79 Å². The van der Waals surface area contributed by atoms with Gasteiger partial charge in [-0.1, -0.05) is 48.5 Å². The van der Waals surface area contributed by atoms with Gasteiger partial charge in [-0.3, -0.25) is 0 Å². The number of rotatable bonds is 3. The average molecular weight is 268 g/mol. The van der Waals surface area contributed by atoms with Crippen molar-refractivity contribution >= 4 is 5.97 Å². The number of carbonyl (C=O) groups is 1. The van der Waals surface area contributed by atoms with Gasteiger partial charge in [0.1, 0.15) is 5.75 Å². The SMILES string of the molecule is CCOC(=O)C1Cc2cccc(-c3ccccc3)c2O1. The van der Waals surface area contributed by atoms with E-state index in [1.807, 2.05) is 48.5 Å². The van der Waals surface area contributed by atoms with E-state index in [1.54, 1.807) is 6.92 Å². The Kier molecular flexibility index (Phi) is 3.42. The van der Waals surface area contributed by atoms with Gasteiger partial charge in [0.25, 0.3) is 0 Å².